The summed E-state index contributed by atoms with van der Waals surface area (Å²) in [7, 11) is 0. The van der Waals surface area contributed by atoms with Crippen molar-refractivity contribution in [1.82, 2.24) is 0 Å². The van der Waals surface area contributed by atoms with Crippen molar-refractivity contribution in [2.24, 2.45) is 0 Å². The van der Waals surface area contributed by atoms with Crippen LogP contribution in [0.1, 0.15) is 0 Å². The fourth-order valence-corrected chi connectivity index (χ4v) is 2.78. The van der Waals surface area contributed by atoms with Gasteiger partial charge >= 0.3 is 21.2 Å². The highest BCUT2D eigenvalue weighted by Crippen LogP contribution is 1.82. The van der Waals surface area contributed by atoms with Gasteiger partial charge in [-0.1, -0.05) is 18.2 Å². The zero-order chi connectivity index (χ0) is 7.94. The molecule has 58 valence electrons. The van der Waals surface area contributed by atoms with Crippen LogP contribution in [0.25, 0.3) is 0 Å². The van der Waals surface area contributed by atoms with Gasteiger partial charge in [-0.3, -0.25) is 0 Å². The molecular formula is C9H9ClI+. The first-order valence-corrected chi connectivity index (χ1v) is 6.19. The van der Waals surface area contributed by atoms with E-state index in [1.165, 1.54) is 3.57 Å². The standard InChI is InChI=1S/C9H9ClI/c10-7-4-8-11-9-5-2-1-3-6-9/h1-6,8H,7H2/q+1/b8-4+. The molecule has 11 heavy (non-hydrogen) atoms. The fraction of sp³-hybridized carbons (Fsp3) is 0.111. The maximum atomic E-state index is 5.50. The van der Waals surface area contributed by atoms with Gasteiger partial charge in [0.1, 0.15) is 0 Å². The number of rotatable bonds is 3. The monoisotopic (exact) mass is 279 g/mol. The molecule has 0 aliphatic rings. The predicted octanol–water partition coefficient (Wildman–Crippen LogP) is -0.302. The smallest absolute Gasteiger partial charge is 0.122 e. The summed E-state index contributed by atoms with van der Waals surface area (Å²) < 4.78 is 3.63. The van der Waals surface area contributed by atoms with Crippen LogP contribution in [0.2, 0.25) is 0 Å². The van der Waals surface area contributed by atoms with Crippen LogP contribution >= 0.6 is 11.6 Å². The van der Waals surface area contributed by atoms with Gasteiger partial charge < -0.3 is 0 Å². The Morgan fingerprint density at radius 1 is 1.27 bits per heavy atom. The van der Waals surface area contributed by atoms with Crippen LogP contribution in [-0.4, -0.2) is 5.88 Å². The molecule has 0 unspecified atom stereocenters. The van der Waals surface area contributed by atoms with Gasteiger partial charge in [-0.25, -0.2) is 0 Å². The Hall–Kier alpha value is -0.0200. The molecule has 0 radical (unpaired) electrons. The van der Waals surface area contributed by atoms with Gasteiger partial charge in [-0.15, -0.1) is 11.6 Å². The number of allylic oxidation sites excluding steroid dienone is 1. The molecule has 1 aromatic carbocycles. The largest absolute Gasteiger partial charge is 0.349 e. The Morgan fingerprint density at radius 3 is 2.64 bits per heavy atom. The van der Waals surface area contributed by atoms with E-state index in [2.05, 4.69) is 28.3 Å². The van der Waals surface area contributed by atoms with Crippen LogP contribution in [0.5, 0.6) is 0 Å². The van der Waals surface area contributed by atoms with Crippen molar-refractivity contribution >= 4 is 11.6 Å². The number of alkyl halides is 1. The van der Waals surface area contributed by atoms with E-state index in [1.807, 2.05) is 12.1 Å². The van der Waals surface area contributed by atoms with E-state index in [9.17, 15) is 0 Å². The molecule has 0 nitrogen and oxygen atoms in total. The third kappa shape index (κ3) is 3.77. The fourth-order valence-electron chi connectivity index (χ4n) is 0.638. The minimum Gasteiger partial charge on any atom is -0.122 e. The lowest BCUT2D eigenvalue weighted by Crippen LogP contribution is -3.59. The molecule has 0 bridgehead atoms. The molecule has 2 heteroatoms. The van der Waals surface area contributed by atoms with E-state index in [0.717, 1.165) is 0 Å². The summed E-state index contributed by atoms with van der Waals surface area (Å²) in [5, 5.41) is 0. The number of halogens is 2. The third-order valence-electron chi connectivity index (χ3n) is 1.10. The van der Waals surface area contributed by atoms with Crippen molar-refractivity contribution in [3.05, 3.63) is 44.1 Å². The van der Waals surface area contributed by atoms with E-state index in [1.54, 1.807) is 0 Å². The van der Waals surface area contributed by atoms with Gasteiger partial charge in [0.05, 0.1) is 0 Å². The van der Waals surface area contributed by atoms with Gasteiger partial charge in [-0.2, -0.15) is 0 Å². The summed E-state index contributed by atoms with van der Waals surface area (Å²) in [6.45, 7) is 0. The van der Waals surface area contributed by atoms with Gasteiger partial charge in [0, 0.05) is 5.88 Å². The molecule has 0 atom stereocenters. The number of hydrogen-bond acceptors (Lipinski definition) is 0. The van der Waals surface area contributed by atoms with Gasteiger partial charge in [-0.05, 0) is 18.2 Å². The van der Waals surface area contributed by atoms with E-state index in [4.69, 9.17) is 11.6 Å². The van der Waals surface area contributed by atoms with Crippen molar-refractivity contribution in [3.63, 3.8) is 0 Å². The summed E-state index contributed by atoms with van der Waals surface area (Å²) >= 11 is 5.55. The van der Waals surface area contributed by atoms with E-state index >= 15 is 0 Å². The molecule has 0 heterocycles. The second-order valence-corrected chi connectivity index (χ2v) is 4.82. The van der Waals surface area contributed by atoms with Crippen molar-refractivity contribution in [1.29, 1.82) is 0 Å². The average Bonchev–Trinajstić information content (AvgIpc) is 2.07. The molecule has 1 aromatic rings. The van der Waals surface area contributed by atoms with Crippen molar-refractivity contribution in [2.45, 2.75) is 0 Å². The minimum absolute atomic E-state index is 0.0554. The lowest BCUT2D eigenvalue weighted by Gasteiger charge is -1.77. The molecule has 0 saturated heterocycles. The molecule has 1 rings (SSSR count). The van der Waals surface area contributed by atoms with Crippen LogP contribution in [0.3, 0.4) is 0 Å². The summed E-state index contributed by atoms with van der Waals surface area (Å²) in [5.74, 6) is 0.632. The molecule has 0 aliphatic heterocycles. The van der Waals surface area contributed by atoms with Crippen molar-refractivity contribution < 1.29 is 21.2 Å². The average molecular weight is 280 g/mol. The van der Waals surface area contributed by atoms with Crippen LogP contribution < -0.4 is 21.2 Å². The highest BCUT2D eigenvalue weighted by molar-refractivity contribution is 6.18. The molecule has 0 saturated carbocycles. The van der Waals surface area contributed by atoms with Crippen LogP contribution in [0, 0.1) is 3.57 Å². The van der Waals surface area contributed by atoms with Crippen LogP contribution in [-0.2, 0) is 0 Å². The molecule has 0 spiro atoms. The SMILES string of the molecule is ClC/C=C/[I+]c1ccccc1. The Kier molecular flexibility index (Phi) is 4.62. The first kappa shape index (κ1) is 9.07. The molecule has 0 aliphatic carbocycles. The Balaban J connectivity index is 2.45. The first-order valence-electron chi connectivity index (χ1n) is 3.33. The molecular weight excluding hydrogens is 270 g/mol. The Bertz CT molecular complexity index is 218. The first-order chi connectivity index (χ1) is 5.43. The predicted molar refractivity (Wildman–Crippen MR) is 45.0 cm³/mol. The number of hydrogen-bond donors (Lipinski definition) is 0. The van der Waals surface area contributed by atoms with E-state index in [-0.39, 0.29) is 21.2 Å². The number of benzene rings is 1. The molecule has 0 amide bonds. The maximum absolute atomic E-state index is 5.50. The minimum atomic E-state index is 0.0554. The summed E-state index contributed by atoms with van der Waals surface area (Å²) in [6.07, 6.45) is 2.02. The second kappa shape index (κ2) is 5.61. The van der Waals surface area contributed by atoms with Gasteiger partial charge in [0.25, 0.3) is 0 Å². The van der Waals surface area contributed by atoms with E-state index < -0.39 is 0 Å². The molecule has 0 N–H and O–H groups in total. The Morgan fingerprint density at radius 2 is 2.00 bits per heavy atom. The second-order valence-electron chi connectivity index (χ2n) is 1.92. The molecule has 0 aromatic heterocycles. The Labute approximate surface area is 82.5 Å². The van der Waals surface area contributed by atoms with E-state index in [0.29, 0.717) is 5.88 Å². The van der Waals surface area contributed by atoms with Gasteiger partial charge in [0.2, 0.25) is 0 Å². The summed E-state index contributed by atoms with van der Waals surface area (Å²) in [6, 6.07) is 10.5. The van der Waals surface area contributed by atoms with Crippen LogP contribution in [0.15, 0.2) is 40.5 Å². The summed E-state index contributed by atoms with van der Waals surface area (Å²) in [4.78, 5) is 0. The van der Waals surface area contributed by atoms with Crippen LogP contribution in [0.4, 0.5) is 0 Å². The lowest BCUT2D eigenvalue weighted by atomic mass is 10.4. The molecule has 0 fully saturated rings. The maximum Gasteiger partial charge on any atom is 0.349 e. The summed E-state index contributed by atoms with van der Waals surface area (Å²) in [5.41, 5.74) is 0. The topological polar surface area (TPSA) is 0 Å². The zero-order valence-electron chi connectivity index (χ0n) is 6.00. The van der Waals surface area contributed by atoms with Gasteiger partial charge in [0.15, 0.2) is 7.65 Å². The highest BCUT2D eigenvalue weighted by atomic mass is 127. The van der Waals surface area contributed by atoms with Crippen molar-refractivity contribution in [2.75, 3.05) is 5.88 Å². The quantitative estimate of drug-likeness (QED) is 0.526. The third-order valence-corrected chi connectivity index (χ3v) is 3.58. The van der Waals surface area contributed by atoms with Crippen molar-refractivity contribution in [3.8, 4) is 0 Å². The zero-order valence-corrected chi connectivity index (χ0v) is 8.92. The lowest BCUT2D eigenvalue weighted by molar-refractivity contribution is -0.556. The highest BCUT2D eigenvalue weighted by Gasteiger charge is 2.03. The normalized spacial score (nSPS) is 10.6.